The van der Waals surface area contributed by atoms with Crippen LogP contribution >= 0.6 is 0 Å². The van der Waals surface area contributed by atoms with Crippen LogP contribution in [-0.2, 0) is 47.0 Å². The topological polar surface area (TPSA) is 20.2 Å². The maximum atomic E-state index is 9.10. The van der Waals surface area contributed by atoms with Gasteiger partial charge in [0.05, 0.1) is 6.10 Å². The average molecular weight is 522 g/mol. The minimum absolute atomic E-state index is 0. The van der Waals surface area contributed by atoms with Gasteiger partial charge in [0.15, 0.2) is 0 Å². The van der Waals surface area contributed by atoms with E-state index in [1.54, 1.807) is 0 Å². The molecular weight excluding hydrogens is 488 g/mol. The van der Waals surface area contributed by atoms with Crippen LogP contribution in [0.2, 0.25) is 0 Å². The van der Waals surface area contributed by atoms with E-state index in [0.717, 1.165) is 18.4 Å². The molecule has 0 aliphatic rings. The van der Waals surface area contributed by atoms with E-state index in [4.69, 9.17) is 5.11 Å². The quantitative estimate of drug-likeness (QED) is 0.157. The molecule has 4 aromatic rings. The van der Waals surface area contributed by atoms with Gasteiger partial charge in [0.1, 0.15) is 0 Å². The van der Waals surface area contributed by atoms with Gasteiger partial charge in [-0.05, 0) is 13.3 Å². The van der Waals surface area contributed by atoms with E-state index in [0.29, 0.717) is 0 Å². The van der Waals surface area contributed by atoms with Gasteiger partial charge in [0, 0.05) is 34.1 Å². The van der Waals surface area contributed by atoms with E-state index in [1.807, 2.05) is 91.0 Å². The molecule has 0 amide bonds. The molecule has 0 saturated carbocycles. The Bertz CT molecular complexity index is 850. The first-order valence-electron chi connectivity index (χ1n) is 10.4. The maximum absolute atomic E-state index is 9.10. The van der Waals surface area contributed by atoms with Gasteiger partial charge in [-0.3, -0.25) is 0 Å². The van der Waals surface area contributed by atoms with Crippen LogP contribution in [0, 0.1) is 0 Å². The van der Waals surface area contributed by atoms with Gasteiger partial charge in [-0.15, -0.1) is 18.7 Å². The van der Waals surface area contributed by atoms with E-state index in [2.05, 4.69) is 44.9 Å². The molecule has 1 unspecified atom stereocenters. The second-order valence-electron chi connectivity index (χ2n) is 7.03. The van der Waals surface area contributed by atoms with Crippen LogP contribution in [0.15, 0.2) is 141 Å². The summed E-state index contributed by atoms with van der Waals surface area (Å²) in [6, 6.07) is 33.9. The van der Waals surface area contributed by atoms with Crippen molar-refractivity contribution in [3.8, 4) is 0 Å². The van der Waals surface area contributed by atoms with Crippen molar-refractivity contribution in [2.45, 2.75) is 25.9 Å². The summed E-state index contributed by atoms with van der Waals surface area (Å²) >= 11 is 0. The number of rotatable bonds is 6. The Balaban J connectivity index is 0. The fraction of sp³-hybridized carbons (Fsp3) is 0.133. The molecule has 1 atom stereocenters. The van der Waals surface area contributed by atoms with Crippen molar-refractivity contribution in [1.29, 1.82) is 0 Å². The summed E-state index contributed by atoms with van der Waals surface area (Å²) in [7, 11) is 0. The summed E-state index contributed by atoms with van der Waals surface area (Å²) in [4.78, 5) is 0. The van der Waals surface area contributed by atoms with Crippen LogP contribution in [0.1, 0.15) is 29.7 Å². The molecular formula is C30H34Fe2O-8. The molecule has 0 spiro atoms. The average Bonchev–Trinajstić information content (AvgIpc) is 3.59. The van der Waals surface area contributed by atoms with E-state index >= 15 is 0 Å². The first-order valence-corrected chi connectivity index (χ1v) is 10.4. The first-order chi connectivity index (χ1) is 15.1. The van der Waals surface area contributed by atoms with E-state index in [9.17, 15) is 0 Å². The van der Waals surface area contributed by atoms with Gasteiger partial charge < -0.3 is 35.4 Å². The van der Waals surface area contributed by atoms with Crippen molar-refractivity contribution in [1.82, 2.24) is 0 Å². The normalized spacial score (nSPS) is 9.52. The van der Waals surface area contributed by atoms with Gasteiger partial charge in [-0.25, -0.2) is 36.4 Å². The van der Waals surface area contributed by atoms with Crippen molar-refractivity contribution in [3.05, 3.63) is 157 Å². The minimum Gasteiger partial charge on any atom is -0.748 e. The first kappa shape index (κ1) is 32.8. The summed E-state index contributed by atoms with van der Waals surface area (Å²) in [5, 5.41) is 9.10. The van der Waals surface area contributed by atoms with E-state index in [-0.39, 0.29) is 34.1 Å². The van der Waals surface area contributed by atoms with Gasteiger partial charge in [0.25, 0.3) is 0 Å². The largest absolute Gasteiger partial charge is 0.748 e. The Morgan fingerprint density at radius 1 is 0.939 bits per heavy atom. The third-order valence-corrected chi connectivity index (χ3v) is 4.23. The standard InChI is InChI=1S/C12H15.C8H9O.2C5H5.2Fe/c1-4-6-11-7-5-8-12(11)9-10(2)3;1-2-8(9)7-5-3-4-6-7;2*1-2-4-5-3-1;;/h4-5,7-8H,1-2,6,9H2,3H3;2-6,8-9H,1H2;2*1-5H;;/q2*-1;-5;-1;;. The predicted octanol–water partition coefficient (Wildman–Crippen LogP) is 7.68. The third-order valence-electron chi connectivity index (χ3n) is 4.23. The number of aliphatic hydroxyl groups is 1. The fourth-order valence-electron chi connectivity index (χ4n) is 2.71. The van der Waals surface area contributed by atoms with Gasteiger partial charge in [0.2, 0.25) is 0 Å². The zero-order valence-electron chi connectivity index (χ0n) is 19.2. The SMILES string of the molecule is C=CC(O)[c-]1cccc1.C=CC[c-]1cccc1CC(=C)C.[Fe].[Fe].[cH-]1[cH-][cH-][cH-][cH-]1.c1cc[cH-]c1. The predicted molar refractivity (Wildman–Crippen MR) is 136 cm³/mol. The molecule has 0 radical (unpaired) electrons. The molecule has 0 aromatic heterocycles. The van der Waals surface area contributed by atoms with Crippen LogP contribution in [0.25, 0.3) is 0 Å². The molecule has 1 nitrogen and oxygen atoms in total. The fourth-order valence-corrected chi connectivity index (χ4v) is 2.71. The Morgan fingerprint density at radius 2 is 1.48 bits per heavy atom. The summed E-state index contributed by atoms with van der Waals surface area (Å²) in [5.41, 5.74) is 4.90. The molecule has 184 valence electrons. The van der Waals surface area contributed by atoms with Crippen LogP contribution in [-0.4, -0.2) is 5.11 Å². The van der Waals surface area contributed by atoms with Crippen LogP contribution < -0.4 is 0 Å². The molecule has 0 bridgehead atoms. The summed E-state index contributed by atoms with van der Waals surface area (Å²) in [5.74, 6) is 0. The number of aliphatic hydroxyl groups excluding tert-OH is 1. The Hall–Kier alpha value is -2.38. The zero-order chi connectivity index (χ0) is 22.7. The summed E-state index contributed by atoms with van der Waals surface area (Å²) in [6.45, 7) is 13.2. The van der Waals surface area contributed by atoms with Gasteiger partial charge in [-0.1, -0.05) is 30.7 Å². The maximum Gasteiger partial charge on any atom is 0.0529 e. The van der Waals surface area contributed by atoms with Crippen LogP contribution in [0.5, 0.6) is 0 Å². The molecule has 0 fully saturated rings. The van der Waals surface area contributed by atoms with Gasteiger partial charge >= 0.3 is 0 Å². The molecule has 33 heavy (non-hydrogen) atoms. The summed E-state index contributed by atoms with van der Waals surface area (Å²) in [6.07, 6.45) is 4.92. The summed E-state index contributed by atoms with van der Waals surface area (Å²) < 4.78 is 0. The molecule has 0 saturated heterocycles. The number of hydrogen-bond acceptors (Lipinski definition) is 1. The molecule has 0 aliphatic carbocycles. The minimum atomic E-state index is -0.500. The molecule has 1 N–H and O–H groups in total. The van der Waals surface area contributed by atoms with Crippen molar-refractivity contribution >= 4 is 0 Å². The van der Waals surface area contributed by atoms with E-state index < -0.39 is 6.10 Å². The monoisotopic (exact) mass is 522 g/mol. The van der Waals surface area contributed by atoms with Crippen molar-refractivity contribution in [2.75, 3.05) is 0 Å². The van der Waals surface area contributed by atoms with E-state index in [1.165, 1.54) is 22.8 Å². The second kappa shape index (κ2) is 21.5. The molecule has 0 aliphatic heterocycles. The van der Waals surface area contributed by atoms with Gasteiger partial charge in [-0.2, -0.15) is 47.5 Å². The smallest absolute Gasteiger partial charge is 0.0529 e. The number of allylic oxidation sites excluding steroid dienone is 2. The third kappa shape index (κ3) is 16.0. The molecule has 4 aromatic carbocycles. The molecule has 3 heteroatoms. The van der Waals surface area contributed by atoms with Crippen LogP contribution in [0.4, 0.5) is 0 Å². The Labute approximate surface area is 221 Å². The molecule has 4 rings (SSSR count). The molecule has 0 heterocycles. The zero-order valence-corrected chi connectivity index (χ0v) is 21.4. The van der Waals surface area contributed by atoms with Crippen LogP contribution in [0.3, 0.4) is 0 Å². The Kier molecular flexibility index (Phi) is 21.3. The Morgan fingerprint density at radius 3 is 1.88 bits per heavy atom. The second-order valence-corrected chi connectivity index (χ2v) is 7.03. The van der Waals surface area contributed by atoms with Crippen molar-refractivity contribution in [3.63, 3.8) is 0 Å². The van der Waals surface area contributed by atoms with Crippen molar-refractivity contribution in [2.24, 2.45) is 0 Å². The van der Waals surface area contributed by atoms with Crippen molar-refractivity contribution < 1.29 is 39.2 Å². The number of hydrogen-bond donors (Lipinski definition) is 1.